The molecule has 0 fully saturated rings. The van der Waals surface area contributed by atoms with Gasteiger partial charge in [0.25, 0.3) is 0 Å². The van der Waals surface area contributed by atoms with Gasteiger partial charge in [0.05, 0.1) is 0 Å². The predicted octanol–water partition coefficient (Wildman–Crippen LogP) is 4.71. The van der Waals surface area contributed by atoms with Crippen molar-refractivity contribution < 1.29 is 0 Å². The Bertz CT molecular complexity index is 692. The Labute approximate surface area is 107 Å². The molecule has 0 saturated carbocycles. The van der Waals surface area contributed by atoms with Crippen molar-refractivity contribution in [1.29, 1.82) is 0 Å². The topological polar surface area (TPSA) is 15.8 Å². The van der Waals surface area contributed by atoms with Gasteiger partial charge >= 0.3 is 0 Å². The maximum Gasteiger partial charge on any atom is 0.0462 e. The third kappa shape index (κ3) is 1.72. The molecule has 1 heteroatoms. The van der Waals surface area contributed by atoms with Crippen LogP contribution in [0, 0.1) is 6.92 Å². The standard InChI is InChI=1S/C17H17N/c1-3-15-17(13-8-6-7-12(2)11-13)14-9-4-5-10-16(14)18-15/h4-11,18H,3H2,1-2H3. The van der Waals surface area contributed by atoms with Crippen molar-refractivity contribution in [2.75, 3.05) is 0 Å². The molecule has 0 atom stereocenters. The molecule has 18 heavy (non-hydrogen) atoms. The third-order valence-electron chi connectivity index (χ3n) is 3.44. The second-order valence-corrected chi connectivity index (χ2v) is 4.75. The van der Waals surface area contributed by atoms with Crippen LogP contribution in [0.3, 0.4) is 0 Å². The summed E-state index contributed by atoms with van der Waals surface area (Å²) in [5.74, 6) is 0. The number of rotatable bonds is 2. The first kappa shape index (κ1) is 11.1. The van der Waals surface area contributed by atoms with Crippen LogP contribution in [0.4, 0.5) is 0 Å². The zero-order valence-electron chi connectivity index (χ0n) is 10.8. The number of fused-ring (bicyclic) bond motifs is 1. The van der Waals surface area contributed by atoms with Crippen molar-refractivity contribution in [1.82, 2.24) is 4.98 Å². The van der Waals surface area contributed by atoms with Crippen LogP contribution < -0.4 is 0 Å². The molecule has 0 aliphatic heterocycles. The smallest absolute Gasteiger partial charge is 0.0462 e. The Morgan fingerprint density at radius 3 is 2.61 bits per heavy atom. The molecule has 0 spiro atoms. The van der Waals surface area contributed by atoms with Crippen LogP contribution in [0.25, 0.3) is 22.0 Å². The highest BCUT2D eigenvalue weighted by Crippen LogP contribution is 2.32. The van der Waals surface area contributed by atoms with Crippen LogP contribution in [-0.2, 0) is 6.42 Å². The largest absolute Gasteiger partial charge is 0.358 e. The van der Waals surface area contributed by atoms with Gasteiger partial charge < -0.3 is 4.98 Å². The van der Waals surface area contributed by atoms with Crippen LogP contribution >= 0.6 is 0 Å². The molecule has 0 bridgehead atoms. The van der Waals surface area contributed by atoms with E-state index in [0.717, 1.165) is 6.42 Å². The number of hydrogen-bond donors (Lipinski definition) is 1. The van der Waals surface area contributed by atoms with E-state index >= 15 is 0 Å². The maximum absolute atomic E-state index is 3.53. The summed E-state index contributed by atoms with van der Waals surface area (Å²) < 4.78 is 0. The predicted molar refractivity (Wildman–Crippen MR) is 77.8 cm³/mol. The number of aromatic amines is 1. The Balaban J connectivity index is 2.33. The van der Waals surface area contributed by atoms with E-state index in [1.807, 2.05) is 0 Å². The first-order valence-electron chi connectivity index (χ1n) is 6.46. The highest BCUT2D eigenvalue weighted by atomic mass is 14.7. The van der Waals surface area contributed by atoms with Gasteiger partial charge in [0.1, 0.15) is 0 Å². The first-order chi connectivity index (χ1) is 8.79. The molecule has 2 aromatic carbocycles. The molecule has 1 heterocycles. The number of para-hydroxylation sites is 1. The van der Waals surface area contributed by atoms with Gasteiger partial charge in [-0.05, 0) is 25.0 Å². The molecule has 0 aliphatic rings. The molecule has 0 saturated heterocycles. The fraction of sp³-hybridized carbons (Fsp3) is 0.176. The van der Waals surface area contributed by atoms with E-state index in [1.165, 1.54) is 33.3 Å². The SMILES string of the molecule is CCc1[nH]c2ccccc2c1-c1cccc(C)c1. The Kier molecular flexibility index (Phi) is 2.67. The number of aryl methyl sites for hydroxylation is 2. The third-order valence-corrected chi connectivity index (χ3v) is 3.44. The number of H-pyrrole nitrogens is 1. The van der Waals surface area contributed by atoms with Gasteiger partial charge in [-0.3, -0.25) is 0 Å². The van der Waals surface area contributed by atoms with Crippen molar-refractivity contribution in [3.8, 4) is 11.1 Å². The van der Waals surface area contributed by atoms with Crippen molar-refractivity contribution in [3.05, 3.63) is 59.8 Å². The Hall–Kier alpha value is -2.02. The molecule has 1 aromatic heterocycles. The molecular weight excluding hydrogens is 218 g/mol. The van der Waals surface area contributed by atoms with Crippen LogP contribution in [0.15, 0.2) is 48.5 Å². The molecule has 1 N–H and O–H groups in total. The number of aromatic nitrogens is 1. The second-order valence-electron chi connectivity index (χ2n) is 4.75. The second kappa shape index (κ2) is 4.34. The summed E-state index contributed by atoms with van der Waals surface area (Å²) in [6.07, 6.45) is 1.03. The average Bonchev–Trinajstić information content (AvgIpc) is 2.77. The van der Waals surface area contributed by atoms with E-state index < -0.39 is 0 Å². The van der Waals surface area contributed by atoms with Gasteiger partial charge in [-0.2, -0.15) is 0 Å². The highest BCUT2D eigenvalue weighted by molar-refractivity contribution is 5.97. The number of benzene rings is 2. The van der Waals surface area contributed by atoms with Gasteiger partial charge in [-0.1, -0.05) is 55.0 Å². The molecule has 0 aliphatic carbocycles. The van der Waals surface area contributed by atoms with E-state index in [2.05, 4.69) is 67.4 Å². The lowest BCUT2D eigenvalue weighted by Gasteiger charge is -2.04. The summed E-state index contributed by atoms with van der Waals surface area (Å²) >= 11 is 0. The lowest BCUT2D eigenvalue weighted by atomic mass is 9.99. The minimum atomic E-state index is 1.03. The Morgan fingerprint density at radius 2 is 1.83 bits per heavy atom. The summed E-state index contributed by atoms with van der Waals surface area (Å²) in [4.78, 5) is 3.53. The van der Waals surface area contributed by atoms with Crippen molar-refractivity contribution >= 4 is 10.9 Å². The molecule has 3 rings (SSSR count). The molecule has 3 aromatic rings. The first-order valence-corrected chi connectivity index (χ1v) is 6.46. The minimum Gasteiger partial charge on any atom is -0.358 e. The van der Waals surface area contributed by atoms with Gasteiger partial charge in [0.15, 0.2) is 0 Å². The zero-order chi connectivity index (χ0) is 12.5. The fourth-order valence-electron chi connectivity index (χ4n) is 2.59. The summed E-state index contributed by atoms with van der Waals surface area (Å²) in [6.45, 7) is 4.34. The van der Waals surface area contributed by atoms with Crippen LogP contribution in [0.1, 0.15) is 18.2 Å². The number of nitrogens with one attached hydrogen (secondary N) is 1. The molecule has 90 valence electrons. The van der Waals surface area contributed by atoms with E-state index in [1.54, 1.807) is 0 Å². The molecular formula is C17H17N. The van der Waals surface area contributed by atoms with Gasteiger partial charge in [0.2, 0.25) is 0 Å². The minimum absolute atomic E-state index is 1.03. The van der Waals surface area contributed by atoms with E-state index in [4.69, 9.17) is 0 Å². The maximum atomic E-state index is 3.53. The average molecular weight is 235 g/mol. The summed E-state index contributed by atoms with van der Waals surface area (Å²) in [5, 5.41) is 1.32. The van der Waals surface area contributed by atoms with E-state index in [9.17, 15) is 0 Å². The van der Waals surface area contributed by atoms with E-state index in [0.29, 0.717) is 0 Å². The molecule has 0 amide bonds. The van der Waals surface area contributed by atoms with Gasteiger partial charge in [-0.15, -0.1) is 0 Å². The van der Waals surface area contributed by atoms with Crippen molar-refractivity contribution in [2.45, 2.75) is 20.3 Å². The quantitative estimate of drug-likeness (QED) is 0.662. The normalized spacial score (nSPS) is 11.0. The zero-order valence-corrected chi connectivity index (χ0v) is 10.8. The van der Waals surface area contributed by atoms with Gasteiger partial charge in [-0.25, -0.2) is 0 Å². The molecule has 1 nitrogen and oxygen atoms in total. The number of hydrogen-bond acceptors (Lipinski definition) is 0. The molecule has 0 unspecified atom stereocenters. The molecule has 0 radical (unpaired) electrons. The van der Waals surface area contributed by atoms with Gasteiger partial charge in [0, 0.05) is 22.2 Å². The summed E-state index contributed by atoms with van der Waals surface area (Å²) in [6, 6.07) is 17.3. The van der Waals surface area contributed by atoms with E-state index in [-0.39, 0.29) is 0 Å². The van der Waals surface area contributed by atoms with Crippen LogP contribution in [-0.4, -0.2) is 4.98 Å². The van der Waals surface area contributed by atoms with Crippen molar-refractivity contribution in [2.24, 2.45) is 0 Å². The lowest BCUT2D eigenvalue weighted by molar-refractivity contribution is 1.08. The van der Waals surface area contributed by atoms with Crippen LogP contribution in [0.2, 0.25) is 0 Å². The fourth-order valence-corrected chi connectivity index (χ4v) is 2.59. The van der Waals surface area contributed by atoms with Crippen molar-refractivity contribution in [3.63, 3.8) is 0 Å². The van der Waals surface area contributed by atoms with Crippen LogP contribution in [0.5, 0.6) is 0 Å². The highest BCUT2D eigenvalue weighted by Gasteiger charge is 2.11. The lowest BCUT2D eigenvalue weighted by Crippen LogP contribution is -1.85. The summed E-state index contributed by atoms with van der Waals surface area (Å²) in [7, 11) is 0. The summed E-state index contributed by atoms with van der Waals surface area (Å²) in [5.41, 5.74) is 6.52. The Morgan fingerprint density at radius 1 is 1.00 bits per heavy atom. The monoisotopic (exact) mass is 235 g/mol.